The van der Waals surface area contributed by atoms with Gasteiger partial charge in [-0.1, -0.05) is 0 Å². The normalized spacial score (nSPS) is 7.38. The zero-order chi connectivity index (χ0) is 4.50. The van der Waals surface area contributed by atoms with Crippen LogP contribution in [-0.2, 0) is 3.02 Å². The first-order chi connectivity index (χ1) is 2.00. The van der Waals surface area contributed by atoms with Crippen molar-refractivity contribution in [1.82, 2.24) is 0 Å². The van der Waals surface area contributed by atoms with E-state index in [9.17, 15) is 0 Å². The molecule has 0 spiro atoms. The van der Waals surface area contributed by atoms with E-state index in [2.05, 4.69) is 0 Å². The number of hydrogen-bond donors (Lipinski definition) is 1. The van der Waals surface area contributed by atoms with Crippen LogP contribution in [0.1, 0.15) is 0 Å². The molecule has 0 saturated heterocycles. The van der Waals surface area contributed by atoms with Gasteiger partial charge in [-0.15, -0.1) is 0 Å². The Kier molecular flexibility index (Phi) is 28.3. The summed E-state index contributed by atoms with van der Waals surface area (Å²) in [6.07, 6.45) is 0. The second kappa shape index (κ2) is 10.1. The van der Waals surface area contributed by atoms with Gasteiger partial charge in [-0.3, -0.25) is 0 Å². The Hall–Kier alpha value is 3.09. The summed E-state index contributed by atoms with van der Waals surface area (Å²) in [6, 6.07) is 0. The van der Waals surface area contributed by atoms with Crippen molar-refractivity contribution in [3.8, 4) is 0 Å². The molecule has 0 rings (SSSR count). The molecule has 0 aliphatic rings. The number of hydrogen-bond acceptors (Lipinski definition) is 3. The molecule has 0 atom stereocenters. The van der Waals surface area contributed by atoms with E-state index in [0.717, 1.165) is 0 Å². The molecule has 8 heavy (non-hydrogen) atoms. The zero-order valence-corrected chi connectivity index (χ0v) is 12.3. The predicted molar refractivity (Wildman–Crippen MR) is 12.3 cm³/mol. The van der Waals surface area contributed by atoms with E-state index in [1.807, 2.05) is 0 Å². The molecule has 0 heterocycles. The summed E-state index contributed by atoms with van der Waals surface area (Å²) >= 11 is -5.85. The van der Waals surface area contributed by atoms with E-state index < -0.39 is 20.1 Å². The first-order valence-corrected chi connectivity index (χ1v) is 5.02. The summed E-state index contributed by atoms with van der Waals surface area (Å²) in [5.41, 5.74) is 0. The first-order valence-electron chi connectivity index (χ1n) is 0.748. The summed E-state index contributed by atoms with van der Waals surface area (Å²) < 4.78 is 33.3. The van der Waals surface area contributed by atoms with Crippen LogP contribution >= 0.6 is 0 Å². The van der Waals surface area contributed by atoms with Crippen molar-refractivity contribution in [2.75, 3.05) is 0 Å². The first kappa shape index (κ1) is 22.5. The molecule has 8 heteroatoms. The van der Waals surface area contributed by atoms with Gasteiger partial charge < -0.3 is 5.48 Å². The maximum atomic E-state index is 8.75. The molecule has 0 unspecified atom stereocenters. The average molecular weight is 267 g/mol. The third kappa shape index (κ3) is 62.2. The number of rotatable bonds is 0. The van der Waals surface area contributed by atoms with Crippen molar-refractivity contribution in [2.24, 2.45) is 0 Å². The summed E-state index contributed by atoms with van der Waals surface area (Å²) in [5.74, 6) is 0. The van der Waals surface area contributed by atoms with Gasteiger partial charge in [0.1, 0.15) is 0 Å². The summed E-state index contributed by atoms with van der Waals surface area (Å²) in [5, 5.41) is 0. The van der Waals surface area contributed by atoms with Gasteiger partial charge in [-0.2, -0.15) is 0 Å². The van der Waals surface area contributed by atoms with Crippen LogP contribution in [0.4, 0.5) is 0 Å². The van der Waals surface area contributed by atoms with Crippen LogP contribution in [0.3, 0.4) is 0 Å². The van der Waals surface area contributed by atoms with E-state index in [4.69, 9.17) is 13.2 Å². The SMILES string of the molecule is O.[K+].[Na+].[O]=[Sb]([O-])([O-])[OH]. The van der Waals surface area contributed by atoms with Crippen molar-refractivity contribution in [3.63, 3.8) is 0 Å². The van der Waals surface area contributed by atoms with Crippen LogP contribution in [0, 0.1) is 0 Å². The van der Waals surface area contributed by atoms with E-state index in [1.165, 1.54) is 0 Å². The van der Waals surface area contributed by atoms with Gasteiger partial charge >= 0.3 is 114 Å². The third-order valence-corrected chi connectivity index (χ3v) is 0. The predicted octanol–water partition coefficient (Wildman–Crippen LogP) is -10.3. The molecule has 0 aromatic heterocycles. The van der Waals surface area contributed by atoms with Crippen LogP contribution < -0.4 is 87.7 Å². The fraction of sp³-hybridized carbons (Fsp3) is 0. The van der Waals surface area contributed by atoms with E-state index >= 15 is 0 Å². The third-order valence-electron chi connectivity index (χ3n) is 0. The van der Waals surface area contributed by atoms with Crippen molar-refractivity contribution >= 4 is 20.1 Å². The molecule has 0 fully saturated rings. The Morgan fingerprint density at radius 3 is 1.38 bits per heavy atom. The molecule has 40 valence electrons. The minimum absolute atomic E-state index is 0. The quantitative estimate of drug-likeness (QED) is 0.439. The molecule has 0 aliphatic heterocycles. The van der Waals surface area contributed by atoms with Gasteiger partial charge in [0.05, 0.1) is 0 Å². The fourth-order valence-corrected chi connectivity index (χ4v) is 0. The Bertz CT molecular complexity index is 58.6. The Morgan fingerprint density at radius 2 is 1.38 bits per heavy atom. The van der Waals surface area contributed by atoms with Gasteiger partial charge in [0.25, 0.3) is 0 Å². The summed E-state index contributed by atoms with van der Waals surface area (Å²) in [7, 11) is 0. The van der Waals surface area contributed by atoms with E-state index in [0.29, 0.717) is 0 Å². The molecule has 0 bridgehead atoms. The molecule has 0 aromatic rings. The Morgan fingerprint density at radius 1 is 1.38 bits per heavy atom. The van der Waals surface area contributed by atoms with Crippen LogP contribution in [0.15, 0.2) is 0 Å². The summed E-state index contributed by atoms with van der Waals surface area (Å²) in [6.45, 7) is 0. The molecule has 0 saturated carbocycles. The molecule has 5 nitrogen and oxygen atoms in total. The molecule has 3 N–H and O–H groups in total. The van der Waals surface area contributed by atoms with Gasteiger partial charge in [0.2, 0.25) is 0 Å². The standard InChI is InChI=1S/K.Na.2H2O.3O.Sb/h;;2*1H2;;;;/q2*+1;;;;2*-1;+1/p-1. The molecular weight excluding hydrogens is 264 g/mol. The average Bonchev–Trinajstić information content (AvgIpc) is 0.722. The van der Waals surface area contributed by atoms with Gasteiger partial charge in [-0.25, -0.2) is 0 Å². The molecule has 0 aromatic carbocycles. The second-order valence-electron chi connectivity index (χ2n) is 0.469. The Labute approximate surface area is 117 Å². The van der Waals surface area contributed by atoms with Crippen LogP contribution in [0.5, 0.6) is 0 Å². The monoisotopic (exact) mass is 266 g/mol. The van der Waals surface area contributed by atoms with Crippen molar-refractivity contribution in [3.05, 3.63) is 0 Å². The molecular formula is H3KNaO5Sb. The van der Waals surface area contributed by atoms with Crippen LogP contribution in [-0.4, -0.2) is 28.9 Å². The van der Waals surface area contributed by atoms with Gasteiger partial charge in [0.15, 0.2) is 0 Å². The van der Waals surface area contributed by atoms with Gasteiger partial charge in [0, 0.05) is 0 Å². The molecule has 0 radical (unpaired) electrons. The van der Waals surface area contributed by atoms with Crippen LogP contribution in [0.25, 0.3) is 0 Å². The topological polar surface area (TPSA) is 115 Å². The molecule has 0 amide bonds. The van der Waals surface area contributed by atoms with Crippen molar-refractivity contribution in [1.29, 1.82) is 0 Å². The van der Waals surface area contributed by atoms with Crippen LogP contribution in [0.2, 0.25) is 0 Å². The zero-order valence-electron chi connectivity index (χ0n) is 4.62. The Balaban J connectivity index is -0.0000000267. The fourth-order valence-electron chi connectivity index (χ4n) is 0. The van der Waals surface area contributed by atoms with E-state index in [1.54, 1.807) is 0 Å². The van der Waals surface area contributed by atoms with E-state index in [-0.39, 0.29) is 86.4 Å². The summed E-state index contributed by atoms with van der Waals surface area (Å²) in [4.78, 5) is 0. The van der Waals surface area contributed by atoms with Crippen molar-refractivity contribution in [2.45, 2.75) is 0 Å². The second-order valence-corrected chi connectivity index (χ2v) is 3.14. The van der Waals surface area contributed by atoms with Gasteiger partial charge in [-0.05, 0) is 0 Å². The molecule has 0 aliphatic carbocycles. The minimum atomic E-state index is -5.85. The van der Waals surface area contributed by atoms with Crippen molar-refractivity contribution < 1.29 is 99.6 Å². The maximum absolute atomic E-state index is 8.75.